The van der Waals surface area contributed by atoms with Gasteiger partial charge in [0.1, 0.15) is 5.41 Å². The maximum atomic E-state index is 12.6. The molecule has 2 amide bonds. The van der Waals surface area contributed by atoms with Crippen LogP contribution < -0.4 is 5.32 Å². The minimum absolute atomic E-state index is 0.187. The van der Waals surface area contributed by atoms with E-state index in [-0.39, 0.29) is 17.4 Å². The number of hydrogen-bond acceptors (Lipinski definition) is 2. The summed E-state index contributed by atoms with van der Waals surface area (Å²) >= 11 is 0. The molecule has 0 unspecified atom stereocenters. The lowest BCUT2D eigenvalue weighted by Gasteiger charge is -2.31. The van der Waals surface area contributed by atoms with Crippen molar-refractivity contribution in [2.24, 2.45) is 5.41 Å². The van der Waals surface area contributed by atoms with Crippen LogP contribution in [-0.2, 0) is 16.1 Å². The van der Waals surface area contributed by atoms with Gasteiger partial charge in [0, 0.05) is 19.1 Å². The summed E-state index contributed by atoms with van der Waals surface area (Å²) in [6, 6.07) is 9.74. The molecule has 0 radical (unpaired) electrons. The molecule has 1 aromatic carbocycles. The summed E-state index contributed by atoms with van der Waals surface area (Å²) in [7, 11) is 1.72. The normalized spacial score (nSPS) is 11.9. The Balaban J connectivity index is 2.78. The van der Waals surface area contributed by atoms with Gasteiger partial charge in [-0.05, 0) is 40.2 Å². The number of amides is 2. The van der Waals surface area contributed by atoms with Crippen LogP contribution in [0.1, 0.15) is 40.2 Å². The van der Waals surface area contributed by atoms with Crippen LogP contribution in [0.15, 0.2) is 30.3 Å². The average Bonchev–Trinajstić information content (AvgIpc) is 2.36. The fraction of sp³-hybridized carbons (Fsp3) is 0.529. The van der Waals surface area contributed by atoms with Gasteiger partial charge in [0.15, 0.2) is 0 Å². The second-order valence-corrected chi connectivity index (χ2v) is 6.98. The monoisotopic (exact) mass is 290 g/mol. The molecule has 0 aromatic heterocycles. The third-order valence-corrected chi connectivity index (χ3v) is 3.20. The molecule has 116 valence electrons. The maximum Gasteiger partial charge on any atom is 0.237 e. The van der Waals surface area contributed by atoms with Crippen molar-refractivity contribution >= 4 is 11.8 Å². The summed E-state index contributed by atoms with van der Waals surface area (Å²) in [5.74, 6) is -0.437. The first kappa shape index (κ1) is 17.2. The van der Waals surface area contributed by atoms with Gasteiger partial charge in [-0.15, -0.1) is 0 Å². The van der Waals surface area contributed by atoms with Crippen molar-refractivity contribution in [1.29, 1.82) is 0 Å². The van der Waals surface area contributed by atoms with E-state index in [4.69, 9.17) is 0 Å². The van der Waals surface area contributed by atoms with Crippen LogP contribution in [-0.4, -0.2) is 29.3 Å². The molecular weight excluding hydrogens is 264 g/mol. The Bertz CT molecular complexity index is 501. The first-order valence-electron chi connectivity index (χ1n) is 7.16. The predicted molar refractivity (Wildman–Crippen MR) is 84.6 cm³/mol. The van der Waals surface area contributed by atoms with Gasteiger partial charge in [-0.3, -0.25) is 9.59 Å². The van der Waals surface area contributed by atoms with E-state index in [2.05, 4.69) is 5.32 Å². The van der Waals surface area contributed by atoms with Crippen LogP contribution in [0.2, 0.25) is 0 Å². The van der Waals surface area contributed by atoms with Crippen molar-refractivity contribution in [2.45, 2.75) is 46.7 Å². The number of nitrogens with one attached hydrogen (secondary N) is 1. The first-order valence-corrected chi connectivity index (χ1v) is 7.16. The van der Waals surface area contributed by atoms with Crippen LogP contribution in [0.25, 0.3) is 0 Å². The van der Waals surface area contributed by atoms with Crippen molar-refractivity contribution < 1.29 is 9.59 Å². The van der Waals surface area contributed by atoms with Gasteiger partial charge in [0.25, 0.3) is 0 Å². The highest BCUT2D eigenvalue weighted by atomic mass is 16.2. The molecule has 0 heterocycles. The van der Waals surface area contributed by atoms with Crippen molar-refractivity contribution in [3.8, 4) is 0 Å². The Kier molecular flexibility index (Phi) is 5.15. The molecule has 0 atom stereocenters. The smallest absolute Gasteiger partial charge is 0.237 e. The van der Waals surface area contributed by atoms with E-state index in [1.54, 1.807) is 25.8 Å². The summed E-state index contributed by atoms with van der Waals surface area (Å²) < 4.78 is 0. The lowest BCUT2D eigenvalue weighted by atomic mass is 9.89. The lowest BCUT2D eigenvalue weighted by Crippen LogP contribution is -2.53. The quantitative estimate of drug-likeness (QED) is 0.867. The van der Waals surface area contributed by atoms with Crippen molar-refractivity contribution in [1.82, 2.24) is 10.2 Å². The Labute approximate surface area is 127 Å². The molecule has 4 nitrogen and oxygen atoms in total. The van der Waals surface area contributed by atoms with Gasteiger partial charge >= 0.3 is 0 Å². The largest absolute Gasteiger partial charge is 0.351 e. The number of rotatable bonds is 4. The molecule has 4 heteroatoms. The second kappa shape index (κ2) is 6.29. The summed E-state index contributed by atoms with van der Waals surface area (Å²) in [5.41, 5.74) is -0.399. The van der Waals surface area contributed by atoms with Crippen LogP contribution >= 0.6 is 0 Å². The molecule has 21 heavy (non-hydrogen) atoms. The zero-order chi connectivity index (χ0) is 16.3. The molecule has 0 spiro atoms. The Morgan fingerprint density at radius 2 is 1.57 bits per heavy atom. The highest BCUT2D eigenvalue weighted by Crippen LogP contribution is 2.21. The number of carbonyl (C=O) groups excluding carboxylic acids is 2. The minimum atomic E-state index is -1.09. The van der Waals surface area contributed by atoms with Crippen LogP contribution in [0.3, 0.4) is 0 Å². The summed E-state index contributed by atoms with van der Waals surface area (Å²) in [5, 5.41) is 2.87. The van der Waals surface area contributed by atoms with E-state index >= 15 is 0 Å². The Morgan fingerprint density at radius 3 is 2.05 bits per heavy atom. The first-order chi connectivity index (χ1) is 9.54. The summed E-state index contributed by atoms with van der Waals surface area (Å²) in [4.78, 5) is 26.5. The van der Waals surface area contributed by atoms with Gasteiger partial charge in [0.2, 0.25) is 11.8 Å². The fourth-order valence-corrected chi connectivity index (χ4v) is 2.00. The van der Waals surface area contributed by atoms with Gasteiger partial charge in [0.05, 0.1) is 0 Å². The molecule has 0 saturated carbocycles. The third kappa shape index (κ3) is 4.88. The highest BCUT2D eigenvalue weighted by molar-refractivity contribution is 6.04. The Morgan fingerprint density at radius 1 is 1.05 bits per heavy atom. The van der Waals surface area contributed by atoms with E-state index in [0.717, 1.165) is 5.56 Å². The molecular formula is C17H26N2O2. The average molecular weight is 290 g/mol. The van der Waals surface area contributed by atoms with Crippen molar-refractivity contribution in [3.63, 3.8) is 0 Å². The maximum absolute atomic E-state index is 12.6. The number of carbonyl (C=O) groups is 2. The van der Waals surface area contributed by atoms with Gasteiger partial charge in [-0.2, -0.15) is 0 Å². The summed E-state index contributed by atoms with van der Waals surface area (Å²) in [6.07, 6.45) is 0. The fourth-order valence-electron chi connectivity index (χ4n) is 2.00. The van der Waals surface area contributed by atoms with Crippen LogP contribution in [0, 0.1) is 5.41 Å². The van der Waals surface area contributed by atoms with Gasteiger partial charge in [-0.1, -0.05) is 30.3 Å². The van der Waals surface area contributed by atoms with Crippen molar-refractivity contribution in [3.05, 3.63) is 35.9 Å². The van der Waals surface area contributed by atoms with Gasteiger partial charge in [-0.25, -0.2) is 0 Å². The zero-order valence-corrected chi connectivity index (χ0v) is 13.9. The molecule has 0 aliphatic rings. The predicted octanol–water partition coefficient (Wildman–Crippen LogP) is 2.59. The van der Waals surface area contributed by atoms with E-state index in [9.17, 15) is 9.59 Å². The number of hydrogen-bond donors (Lipinski definition) is 1. The zero-order valence-electron chi connectivity index (χ0n) is 13.9. The standard InChI is InChI=1S/C17H26N2O2/c1-16(2,3)18-14(20)17(4,5)15(21)19(6)12-13-10-8-7-9-11-13/h7-11H,12H2,1-6H3,(H,18,20). The molecule has 0 bridgehead atoms. The van der Waals surface area contributed by atoms with E-state index < -0.39 is 5.41 Å². The summed E-state index contributed by atoms with van der Waals surface area (Å²) in [6.45, 7) is 9.53. The molecule has 1 rings (SSSR count). The molecule has 0 aliphatic carbocycles. The Hall–Kier alpha value is -1.84. The molecule has 1 aromatic rings. The number of benzene rings is 1. The molecule has 0 saturated heterocycles. The number of nitrogens with zero attached hydrogens (tertiary/aromatic N) is 1. The van der Waals surface area contributed by atoms with Crippen LogP contribution in [0.5, 0.6) is 0 Å². The SMILES string of the molecule is CN(Cc1ccccc1)C(=O)C(C)(C)C(=O)NC(C)(C)C. The van der Waals surface area contributed by atoms with E-state index in [1.165, 1.54) is 0 Å². The lowest BCUT2D eigenvalue weighted by molar-refractivity contribution is -0.148. The van der Waals surface area contributed by atoms with E-state index in [1.807, 2.05) is 51.1 Å². The van der Waals surface area contributed by atoms with Crippen LogP contribution in [0.4, 0.5) is 0 Å². The molecule has 0 aliphatic heterocycles. The second-order valence-electron chi connectivity index (χ2n) is 6.98. The van der Waals surface area contributed by atoms with Gasteiger partial charge < -0.3 is 10.2 Å². The molecule has 1 N–H and O–H groups in total. The minimum Gasteiger partial charge on any atom is -0.351 e. The molecule has 0 fully saturated rings. The highest BCUT2D eigenvalue weighted by Gasteiger charge is 2.39. The van der Waals surface area contributed by atoms with Crippen molar-refractivity contribution in [2.75, 3.05) is 7.05 Å². The van der Waals surface area contributed by atoms with E-state index in [0.29, 0.717) is 6.54 Å². The topological polar surface area (TPSA) is 49.4 Å². The third-order valence-electron chi connectivity index (χ3n) is 3.20.